The number of anilines is 1. The number of nitrogens with one attached hydrogen (secondary N) is 1. The number of hydrogen-bond donors (Lipinski definition) is 1. The first kappa shape index (κ1) is 16.5. The van der Waals surface area contributed by atoms with Gasteiger partial charge < -0.3 is 10.1 Å². The fraction of sp³-hybridized carbons (Fsp3) is 0.444. The van der Waals surface area contributed by atoms with Crippen molar-refractivity contribution < 1.29 is 9.53 Å². The first-order valence-corrected chi connectivity index (χ1v) is 8.18. The zero-order chi connectivity index (χ0) is 17.3. The number of ether oxygens (including phenoxy) is 1. The summed E-state index contributed by atoms with van der Waals surface area (Å²) >= 11 is 0. The number of aryl methyl sites for hydroxylation is 3. The van der Waals surface area contributed by atoms with Gasteiger partial charge in [-0.05, 0) is 37.5 Å². The quantitative estimate of drug-likeness (QED) is 0.911. The van der Waals surface area contributed by atoms with Crippen LogP contribution in [-0.4, -0.2) is 35.4 Å². The maximum atomic E-state index is 12.7. The normalized spacial score (nSPS) is 17.6. The van der Waals surface area contributed by atoms with E-state index >= 15 is 0 Å². The molecule has 2 aromatic rings. The van der Waals surface area contributed by atoms with Crippen LogP contribution in [0.3, 0.4) is 0 Å². The number of rotatable bonds is 5. The molecule has 1 aromatic heterocycles. The number of amides is 1. The fourth-order valence-electron chi connectivity index (χ4n) is 3.16. The van der Waals surface area contributed by atoms with E-state index in [1.54, 1.807) is 11.8 Å². The van der Waals surface area contributed by atoms with Gasteiger partial charge in [0.15, 0.2) is 0 Å². The van der Waals surface area contributed by atoms with Crippen LogP contribution < -0.4 is 15.0 Å². The summed E-state index contributed by atoms with van der Waals surface area (Å²) in [4.78, 5) is 14.5. The van der Waals surface area contributed by atoms with Gasteiger partial charge in [-0.15, -0.1) is 0 Å². The second kappa shape index (κ2) is 6.65. The van der Waals surface area contributed by atoms with Crippen LogP contribution in [0.2, 0.25) is 0 Å². The largest absolute Gasteiger partial charge is 0.496 e. The van der Waals surface area contributed by atoms with Crippen LogP contribution in [0.4, 0.5) is 5.82 Å². The number of carbonyl (C=O) groups is 1. The summed E-state index contributed by atoms with van der Waals surface area (Å²) in [7, 11) is 3.54. The van der Waals surface area contributed by atoms with Crippen molar-refractivity contribution in [1.82, 2.24) is 15.1 Å². The molecule has 1 N–H and O–H groups in total. The molecule has 0 spiro atoms. The first-order chi connectivity index (χ1) is 11.5. The molecule has 3 rings (SSSR count). The highest BCUT2D eigenvalue weighted by Crippen LogP contribution is 2.23. The molecule has 0 unspecified atom stereocenters. The SMILES string of the molecule is COc1cc(CN[C@@H]2CCN(c3cc(C)nn3C)C2=O)ccc1C. The number of nitrogens with zero attached hydrogens (tertiary/aromatic N) is 3. The molecule has 0 radical (unpaired) electrons. The average Bonchev–Trinajstić information content (AvgIpc) is 3.08. The molecule has 1 aliphatic heterocycles. The smallest absolute Gasteiger partial charge is 0.245 e. The van der Waals surface area contributed by atoms with Crippen LogP contribution in [0.25, 0.3) is 0 Å². The molecule has 24 heavy (non-hydrogen) atoms. The van der Waals surface area contributed by atoms with E-state index in [1.807, 2.05) is 44.0 Å². The third-order valence-electron chi connectivity index (χ3n) is 4.48. The van der Waals surface area contributed by atoms with Gasteiger partial charge in [0.25, 0.3) is 0 Å². The van der Waals surface area contributed by atoms with Gasteiger partial charge >= 0.3 is 0 Å². The van der Waals surface area contributed by atoms with E-state index in [-0.39, 0.29) is 11.9 Å². The van der Waals surface area contributed by atoms with Crippen molar-refractivity contribution in [2.45, 2.75) is 32.9 Å². The van der Waals surface area contributed by atoms with E-state index in [0.29, 0.717) is 13.1 Å². The van der Waals surface area contributed by atoms with Crippen molar-refractivity contribution >= 4 is 11.7 Å². The minimum absolute atomic E-state index is 0.108. The summed E-state index contributed by atoms with van der Waals surface area (Å²) in [5.74, 6) is 1.84. The van der Waals surface area contributed by atoms with Crippen LogP contribution >= 0.6 is 0 Å². The first-order valence-electron chi connectivity index (χ1n) is 8.18. The Morgan fingerprint density at radius 3 is 2.79 bits per heavy atom. The highest BCUT2D eigenvalue weighted by atomic mass is 16.5. The number of methoxy groups -OCH3 is 1. The Kier molecular flexibility index (Phi) is 4.57. The molecule has 0 bridgehead atoms. The maximum Gasteiger partial charge on any atom is 0.245 e. The van der Waals surface area contributed by atoms with Crippen LogP contribution in [0, 0.1) is 13.8 Å². The van der Waals surface area contributed by atoms with Gasteiger partial charge in [-0.2, -0.15) is 5.10 Å². The van der Waals surface area contributed by atoms with Gasteiger partial charge in [0.2, 0.25) is 5.91 Å². The number of benzene rings is 1. The zero-order valence-electron chi connectivity index (χ0n) is 14.7. The van der Waals surface area contributed by atoms with E-state index in [9.17, 15) is 4.79 Å². The van der Waals surface area contributed by atoms with Gasteiger partial charge in [0.05, 0.1) is 18.8 Å². The van der Waals surface area contributed by atoms with Crippen molar-refractivity contribution in [3.63, 3.8) is 0 Å². The lowest BCUT2D eigenvalue weighted by molar-refractivity contribution is -0.118. The molecule has 0 aliphatic carbocycles. The summed E-state index contributed by atoms with van der Waals surface area (Å²) in [6.07, 6.45) is 0.798. The molecule has 128 valence electrons. The lowest BCUT2D eigenvalue weighted by Gasteiger charge is -2.17. The molecule has 1 aliphatic rings. The summed E-state index contributed by atoms with van der Waals surface area (Å²) in [6, 6.07) is 7.91. The molecular formula is C18H24N4O2. The predicted octanol–water partition coefficient (Wildman–Crippen LogP) is 1.94. The number of hydrogen-bond acceptors (Lipinski definition) is 4. The van der Waals surface area contributed by atoms with E-state index in [4.69, 9.17) is 4.74 Å². The molecule has 1 fully saturated rings. The Morgan fingerprint density at radius 1 is 1.33 bits per heavy atom. The third kappa shape index (κ3) is 3.14. The van der Waals surface area contributed by atoms with E-state index in [2.05, 4.69) is 16.5 Å². The molecule has 6 nitrogen and oxygen atoms in total. The fourth-order valence-corrected chi connectivity index (χ4v) is 3.16. The van der Waals surface area contributed by atoms with Crippen molar-refractivity contribution in [2.75, 3.05) is 18.6 Å². The zero-order valence-corrected chi connectivity index (χ0v) is 14.7. The topological polar surface area (TPSA) is 59.4 Å². The Labute approximate surface area is 142 Å². The Balaban J connectivity index is 1.65. The van der Waals surface area contributed by atoms with Crippen LogP contribution in [0.15, 0.2) is 24.3 Å². The third-order valence-corrected chi connectivity index (χ3v) is 4.48. The minimum atomic E-state index is -0.160. The Hall–Kier alpha value is -2.34. The molecule has 0 saturated carbocycles. The molecule has 1 atom stereocenters. The molecule has 1 aromatic carbocycles. The highest BCUT2D eigenvalue weighted by Gasteiger charge is 2.33. The van der Waals surface area contributed by atoms with E-state index in [1.165, 1.54) is 0 Å². The van der Waals surface area contributed by atoms with E-state index in [0.717, 1.165) is 34.8 Å². The molecule has 6 heteroatoms. The van der Waals surface area contributed by atoms with Gasteiger partial charge in [-0.3, -0.25) is 14.4 Å². The maximum absolute atomic E-state index is 12.7. The molecule has 2 heterocycles. The number of aromatic nitrogens is 2. The van der Waals surface area contributed by atoms with Crippen molar-refractivity contribution in [3.05, 3.63) is 41.1 Å². The molecule has 1 saturated heterocycles. The monoisotopic (exact) mass is 328 g/mol. The Bertz CT molecular complexity index is 753. The molecule has 1 amide bonds. The Morgan fingerprint density at radius 2 is 2.12 bits per heavy atom. The molecular weight excluding hydrogens is 304 g/mol. The van der Waals surface area contributed by atoms with E-state index < -0.39 is 0 Å². The van der Waals surface area contributed by atoms with Crippen molar-refractivity contribution in [2.24, 2.45) is 7.05 Å². The number of carbonyl (C=O) groups excluding carboxylic acids is 1. The summed E-state index contributed by atoms with van der Waals surface area (Å²) in [5, 5.41) is 7.69. The van der Waals surface area contributed by atoms with Crippen LogP contribution in [0.1, 0.15) is 23.2 Å². The minimum Gasteiger partial charge on any atom is -0.496 e. The standard InChI is InChI=1S/C18H24N4O2/c1-12-5-6-14(10-16(12)24-4)11-19-15-7-8-22(18(15)23)17-9-13(2)20-21(17)3/h5-6,9-10,15,19H,7-8,11H2,1-4H3/t15-/m1/s1. The van der Waals surface area contributed by atoms with Gasteiger partial charge in [0.1, 0.15) is 11.6 Å². The van der Waals surface area contributed by atoms with Gasteiger partial charge in [0, 0.05) is 26.2 Å². The van der Waals surface area contributed by atoms with Crippen LogP contribution in [-0.2, 0) is 18.4 Å². The highest BCUT2D eigenvalue weighted by molar-refractivity contribution is 5.98. The van der Waals surface area contributed by atoms with Gasteiger partial charge in [-0.1, -0.05) is 12.1 Å². The van der Waals surface area contributed by atoms with Gasteiger partial charge in [-0.25, -0.2) is 0 Å². The lowest BCUT2D eigenvalue weighted by atomic mass is 10.1. The second-order valence-corrected chi connectivity index (χ2v) is 6.28. The van der Waals surface area contributed by atoms with Crippen molar-refractivity contribution in [3.8, 4) is 5.75 Å². The van der Waals surface area contributed by atoms with Crippen molar-refractivity contribution in [1.29, 1.82) is 0 Å². The second-order valence-electron chi connectivity index (χ2n) is 6.28. The summed E-state index contributed by atoms with van der Waals surface area (Å²) in [5.41, 5.74) is 3.14. The van der Waals surface area contributed by atoms with Crippen LogP contribution in [0.5, 0.6) is 5.75 Å². The predicted molar refractivity (Wildman–Crippen MR) is 93.3 cm³/mol. The average molecular weight is 328 g/mol. The summed E-state index contributed by atoms with van der Waals surface area (Å²) < 4.78 is 7.12. The summed E-state index contributed by atoms with van der Waals surface area (Å²) in [6.45, 7) is 5.31. The lowest BCUT2D eigenvalue weighted by Crippen LogP contribution is -2.38.